The van der Waals surface area contributed by atoms with Gasteiger partial charge in [0.25, 0.3) is 0 Å². The number of nitrogens with two attached hydrogens (primary N) is 1. The van der Waals surface area contributed by atoms with Gasteiger partial charge in [-0.3, -0.25) is 0 Å². The fraction of sp³-hybridized carbons (Fsp3) is 0.263. The molecule has 3 rings (SSSR count). The van der Waals surface area contributed by atoms with Gasteiger partial charge in [-0.25, -0.2) is 0 Å². The van der Waals surface area contributed by atoms with Gasteiger partial charge in [0.2, 0.25) is 0 Å². The van der Waals surface area contributed by atoms with Crippen LogP contribution >= 0.6 is 0 Å². The summed E-state index contributed by atoms with van der Waals surface area (Å²) in [5, 5.41) is 1.30. The monoisotopic (exact) mass is 278 g/mol. The van der Waals surface area contributed by atoms with Crippen molar-refractivity contribution in [3.05, 3.63) is 71.9 Å². The van der Waals surface area contributed by atoms with Crippen LogP contribution in [0.2, 0.25) is 0 Å². The van der Waals surface area contributed by atoms with E-state index in [4.69, 9.17) is 5.73 Å². The summed E-state index contributed by atoms with van der Waals surface area (Å²) < 4.78 is 2.30. The summed E-state index contributed by atoms with van der Waals surface area (Å²) in [6.45, 7) is 3.05. The molecule has 0 bridgehead atoms. The van der Waals surface area contributed by atoms with E-state index in [0.29, 0.717) is 0 Å². The number of nitrogens with zero attached hydrogens (tertiary/aromatic N) is 1. The summed E-state index contributed by atoms with van der Waals surface area (Å²) in [4.78, 5) is 0. The molecule has 3 aromatic rings. The van der Waals surface area contributed by atoms with Crippen molar-refractivity contribution in [3.8, 4) is 0 Å². The second-order valence-corrected chi connectivity index (χ2v) is 5.69. The number of fused-ring (bicyclic) bond motifs is 1. The Morgan fingerprint density at radius 2 is 1.81 bits per heavy atom. The Hall–Kier alpha value is -2.06. The second kappa shape index (κ2) is 6.15. The van der Waals surface area contributed by atoms with Gasteiger partial charge in [-0.1, -0.05) is 43.3 Å². The normalized spacial score (nSPS) is 12.7. The average Bonchev–Trinajstić information content (AvgIpc) is 2.90. The summed E-state index contributed by atoms with van der Waals surface area (Å²) in [6.07, 6.45) is 4.14. The van der Waals surface area contributed by atoms with Gasteiger partial charge in [-0.2, -0.15) is 0 Å². The minimum absolute atomic E-state index is 0.258. The van der Waals surface area contributed by atoms with Crippen LogP contribution in [0, 0.1) is 0 Å². The largest absolute Gasteiger partial charge is 0.343 e. The summed E-state index contributed by atoms with van der Waals surface area (Å²) in [6, 6.07) is 19.7. The van der Waals surface area contributed by atoms with Crippen LogP contribution in [0.4, 0.5) is 0 Å². The lowest BCUT2D eigenvalue weighted by Gasteiger charge is -2.10. The third kappa shape index (κ3) is 3.17. The molecule has 2 aromatic carbocycles. The Kier molecular flexibility index (Phi) is 4.07. The van der Waals surface area contributed by atoms with Crippen LogP contribution in [0.1, 0.15) is 24.5 Å². The highest BCUT2D eigenvalue weighted by atomic mass is 14.9. The molecule has 21 heavy (non-hydrogen) atoms. The quantitative estimate of drug-likeness (QED) is 0.752. The summed E-state index contributed by atoms with van der Waals surface area (Å²) in [7, 11) is 0. The molecule has 2 nitrogen and oxygen atoms in total. The molecule has 2 heteroatoms. The van der Waals surface area contributed by atoms with Crippen LogP contribution in [0.5, 0.6) is 0 Å². The molecule has 0 aliphatic heterocycles. The molecular formula is C19H22N2. The molecule has 0 amide bonds. The number of hydrogen-bond donors (Lipinski definition) is 1. The van der Waals surface area contributed by atoms with Crippen LogP contribution < -0.4 is 5.73 Å². The van der Waals surface area contributed by atoms with Gasteiger partial charge >= 0.3 is 0 Å². The molecule has 0 fully saturated rings. The van der Waals surface area contributed by atoms with Crippen molar-refractivity contribution < 1.29 is 0 Å². The van der Waals surface area contributed by atoms with Crippen molar-refractivity contribution in [2.24, 2.45) is 5.73 Å². The SMILES string of the molecule is CCC(N)Cc1ccc2c(ccn2Cc2ccccc2)c1. The molecule has 1 unspecified atom stereocenters. The van der Waals surface area contributed by atoms with Gasteiger partial charge in [0.15, 0.2) is 0 Å². The summed E-state index contributed by atoms with van der Waals surface area (Å²) >= 11 is 0. The Morgan fingerprint density at radius 3 is 2.57 bits per heavy atom. The van der Waals surface area contributed by atoms with Crippen LogP contribution in [0.25, 0.3) is 10.9 Å². The molecule has 1 heterocycles. The van der Waals surface area contributed by atoms with Crippen LogP contribution in [-0.2, 0) is 13.0 Å². The Morgan fingerprint density at radius 1 is 1.00 bits per heavy atom. The molecule has 1 aromatic heterocycles. The molecule has 0 aliphatic rings. The number of aromatic nitrogens is 1. The molecule has 1 atom stereocenters. The molecule has 0 saturated heterocycles. The standard InChI is InChI=1S/C19H22N2/c1-2-18(20)13-16-8-9-19-17(12-16)10-11-21(19)14-15-6-4-3-5-7-15/h3-12,18H,2,13-14,20H2,1H3. The van der Waals surface area contributed by atoms with E-state index in [1.807, 2.05) is 0 Å². The molecule has 0 spiro atoms. The average molecular weight is 278 g/mol. The maximum atomic E-state index is 6.05. The molecule has 108 valence electrons. The first-order valence-corrected chi connectivity index (χ1v) is 7.63. The first-order chi connectivity index (χ1) is 10.3. The van der Waals surface area contributed by atoms with Gasteiger partial charge in [-0.05, 0) is 47.6 Å². The van der Waals surface area contributed by atoms with E-state index in [2.05, 4.69) is 72.3 Å². The highest BCUT2D eigenvalue weighted by molar-refractivity contribution is 5.81. The van der Waals surface area contributed by atoms with Crippen LogP contribution in [0.3, 0.4) is 0 Å². The molecule has 0 saturated carbocycles. The topological polar surface area (TPSA) is 30.9 Å². The van der Waals surface area contributed by atoms with Gasteiger partial charge in [0.05, 0.1) is 0 Å². The van der Waals surface area contributed by atoms with E-state index in [1.165, 1.54) is 22.0 Å². The highest BCUT2D eigenvalue weighted by Gasteiger charge is 2.05. The Balaban J connectivity index is 1.86. The van der Waals surface area contributed by atoms with E-state index in [-0.39, 0.29) is 6.04 Å². The number of hydrogen-bond acceptors (Lipinski definition) is 1. The summed E-state index contributed by atoms with van der Waals surface area (Å²) in [5.41, 5.74) is 9.99. The Labute approximate surface area is 126 Å². The first kappa shape index (κ1) is 13.9. The van der Waals surface area contributed by atoms with Crippen molar-refractivity contribution in [1.82, 2.24) is 4.57 Å². The Bertz CT molecular complexity index is 713. The van der Waals surface area contributed by atoms with Crippen LogP contribution in [0.15, 0.2) is 60.8 Å². The van der Waals surface area contributed by atoms with Gasteiger partial charge < -0.3 is 10.3 Å². The number of benzene rings is 2. The highest BCUT2D eigenvalue weighted by Crippen LogP contribution is 2.20. The van der Waals surface area contributed by atoms with Crippen molar-refractivity contribution in [3.63, 3.8) is 0 Å². The van der Waals surface area contributed by atoms with Gasteiger partial charge in [0, 0.05) is 24.3 Å². The predicted octanol–water partition coefficient (Wildman–Crippen LogP) is 3.97. The zero-order chi connectivity index (χ0) is 14.7. The minimum atomic E-state index is 0.258. The van der Waals surface area contributed by atoms with Crippen molar-refractivity contribution in [2.45, 2.75) is 32.4 Å². The lowest BCUT2D eigenvalue weighted by molar-refractivity contribution is 0.647. The van der Waals surface area contributed by atoms with Crippen molar-refractivity contribution in [2.75, 3.05) is 0 Å². The van der Waals surface area contributed by atoms with E-state index < -0.39 is 0 Å². The van der Waals surface area contributed by atoms with Crippen molar-refractivity contribution in [1.29, 1.82) is 0 Å². The van der Waals surface area contributed by atoms with Crippen LogP contribution in [-0.4, -0.2) is 10.6 Å². The van der Waals surface area contributed by atoms with E-state index >= 15 is 0 Å². The molecular weight excluding hydrogens is 256 g/mol. The molecule has 0 aliphatic carbocycles. The van der Waals surface area contributed by atoms with Gasteiger partial charge in [0.1, 0.15) is 0 Å². The maximum absolute atomic E-state index is 6.05. The lowest BCUT2D eigenvalue weighted by Crippen LogP contribution is -2.21. The number of rotatable bonds is 5. The minimum Gasteiger partial charge on any atom is -0.343 e. The third-order valence-corrected chi connectivity index (χ3v) is 4.05. The molecule has 0 radical (unpaired) electrons. The predicted molar refractivity (Wildman–Crippen MR) is 89.5 cm³/mol. The first-order valence-electron chi connectivity index (χ1n) is 7.63. The van der Waals surface area contributed by atoms with E-state index in [0.717, 1.165) is 19.4 Å². The fourth-order valence-corrected chi connectivity index (χ4v) is 2.74. The van der Waals surface area contributed by atoms with Crippen molar-refractivity contribution >= 4 is 10.9 Å². The summed E-state index contributed by atoms with van der Waals surface area (Å²) in [5.74, 6) is 0. The lowest BCUT2D eigenvalue weighted by atomic mass is 10.0. The smallest absolute Gasteiger partial charge is 0.0483 e. The zero-order valence-electron chi connectivity index (χ0n) is 12.5. The molecule has 2 N–H and O–H groups in total. The zero-order valence-corrected chi connectivity index (χ0v) is 12.5. The van der Waals surface area contributed by atoms with Gasteiger partial charge in [-0.15, -0.1) is 0 Å². The van der Waals surface area contributed by atoms with E-state index in [9.17, 15) is 0 Å². The maximum Gasteiger partial charge on any atom is 0.0483 e. The third-order valence-electron chi connectivity index (χ3n) is 4.05. The second-order valence-electron chi connectivity index (χ2n) is 5.69. The van der Waals surface area contributed by atoms with E-state index in [1.54, 1.807) is 0 Å². The fourth-order valence-electron chi connectivity index (χ4n) is 2.74.